The van der Waals surface area contributed by atoms with Gasteiger partial charge < -0.3 is 4.74 Å². The summed E-state index contributed by atoms with van der Waals surface area (Å²) in [7, 11) is 0. The Hall–Kier alpha value is -3.48. The summed E-state index contributed by atoms with van der Waals surface area (Å²) in [6, 6.07) is 12.7. The molecular formula is C26H23N3O7S2. The molecule has 5 rings (SSSR count). The molecule has 4 atom stereocenters. The van der Waals surface area contributed by atoms with Crippen molar-refractivity contribution < 1.29 is 19.5 Å². The molecule has 1 fully saturated rings. The first-order chi connectivity index (χ1) is 18.2. The van der Waals surface area contributed by atoms with Gasteiger partial charge in [0.25, 0.3) is 11.4 Å². The van der Waals surface area contributed by atoms with Crippen molar-refractivity contribution in [3.8, 4) is 0 Å². The number of rotatable bonds is 8. The molecule has 2 aliphatic heterocycles. The summed E-state index contributed by atoms with van der Waals surface area (Å²) in [6.07, 6.45) is -0.0424. The number of nitrogens with zero attached hydrogens (tertiary/aromatic N) is 3. The minimum atomic E-state index is -1.31. The smallest absolute Gasteiger partial charge is 0.283 e. The zero-order valence-corrected chi connectivity index (χ0v) is 21.9. The minimum Gasteiger partial charge on any atom is -0.357 e. The van der Waals surface area contributed by atoms with E-state index >= 15 is 0 Å². The van der Waals surface area contributed by atoms with E-state index in [1.807, 2.05) is 5.41 Å². The number of nitro benzene ring substituents is 2. The van der Waals surface area contributed by atoms with Gasteiger partial charge in [-0.05, 0) is 46.3 Å². The molecule has 2 bridgehead atoms. The van der Waals surface area contributed by atoms with E-state index < -0.39 is 32.8 Å². The molecule has 10 nitrogen and oxygen atoms in total. The molecule has 0 N–H and O–H groups in total. The van der Waals surface area contributed by atoms with Crippen LogP contribution in [0.25, 0.3) is 0 Å². The fourth-order valence-electron chi connectivity index (χ4n) is 5.47. The highest BCUT2D eigenvalue weighted by Crippen LogP contribution is 2.58. The Morgan fingerprint density at radius 3 is 2.21 bits per heavy atom. The Labute approximate surface area is 226 Å². The molecular weight excluding hydrogens is 530 g/mol. The van der Waals surface area contributed by atoms with Crippen LogP contribution in [-0.2, 0) is 4.74 Å². The molecule has 0 amide bonds. The summed E-state index contributed by atoms with van der Waals surface area (Å²) in [4.78, 5) is 35.3. The molecule has 0 spiro atoms. The molecule has 2 aromatic rings. The fourth-order valence-corrected chi connectivity index (χ4v) is 8.09. The second kappa shape index (κ2) is 10.0. The molecule has 3 aliphatic rings. The molecule has 0 radical (unpaired) electrons. The van der Waals surface area contributed by atoms with E-state index in [-0.39, 0.29) is 29.1 Å². The van der Waals surface area contributed by atoms with Gasteiger partial charge in [-0.25, -0.2) is 0 Å². The van der Waals surface area contributed by atoms with Crippen LogP contribution < -0.4 is 0 Å². The topological polar surface area (TPSA) is 139 Å². The van der Waals surface area contributed by atoms with E-state index in [2.05, 4.69) is 6.58 Å². The monoisotopic (exact) mass is 553 g/mol. The van der Waals surface area contributed by atoms with Crippen LogP contribution in [0, 0.1) is 30.3 Å². The van der Waals surface area contributed by atoms with Gasteiger partial charge in [-0.3, -0.25) is 30.3 Å². The van der Waals surface area contributed by atoms with Gasteiger partial charge in [0.2, 0.25) is 5.54 Å². The molecule has 1 aliphatic carbocycles. The summed E-state index contributed by atoms with van der Waals surface area (Å²) in [5.41, 5.74) is 1.77. The van der Waals surface area contributed by atoms with E-state index in [4.69, 9.17) is 4.74 Å². The van der Waals surface area contributed by atoms with Gasteiger partial charge in [0.1, 0.15) is 17.5 Å². The van der Waals surface area contributed by atoms with Crippen molar-refractivity contribution in [2.75, 3.05) is 0 Å². The predicted octanol–water partition coefficient (Wildman–Crippen LogP) is 6.49. The normalized spacial score (nSPS) is 27.0. The number of nitro groups is 3. The molecule has 1 saturated heterocycles. The van der Waals surface area contributed by atoms with E-state index in [0.717, 1.165) is 28.5 Å². The average molecular weight is 554 g/mol. The summed E-state index contributed by atoms with van der Waals surface area (Å²) in [5, 5.41) is 36.8. The first kappa shape index (κ1) is 26.1. The van der Waals surface area contributed by atoms with Gasteiger partial charge in [-0.2, -0.15) is 0 Å². The van der Waals surface area contributed by atoms with Crippen LogP contribution in [0.5, 0.6) is 0 Å². The SMILES string of the molecule is C=C1/C(=C/Sc2ccccc2[N+](=O)[O-])[C@@H]2O[C@H]1C1=C2CC[C@](CC)([N+](=O)[O-])[C@H]1Sc1ccccc1[N+](=O)[O-]. The summed E-state index contributed by atoms with van der Waals surface area (Å²) < 4.78 is 6.31. The van der Waals surface area contributed by atoms with E-state index in [9.17, 15) is 30.3 Å². The number of hydrogen-bond donors (Lipinski definition) is 0. The maximum absolute atomic E-state index is 12.5. The zero-order chi connectivity index (χ0) is 27.2. The number of hydrogen-bond acceptors (Lipinski definition) is 9. The third-order valence-electron chi connectivity index (χ3n) is 7.47. The maximum Gasteiger partial charge on any atom is 0.283 e. The second-order valence-corrected chi connectivity index (χ2v) is 11.3. The third-order valence-corrected chi connectivity index (χ3v) is 9.97. The van der Waals surface area contributed by atoms with Gasteiger partial charge in [0.05, 0.1) is 19.6 Å². The Kier molecular flexibility index (Phi) is 6.88. The quantitative estimate of drug-likeness (QED) is 0.155. The van der Waals surface area contributed by atoms with Gasteiger partial charge in [0, 0.05) is 29.9 Å². The highest BCUT2D eigenvalue weighted by atomic mass is 32.2. The molecule has 38 heavy (non-hydrogen) atoms. The fraction of sp³-hybridized carbons (Fsp3) is 0.308. The van der Waals surface area contributed by atoms with Crippen LogP contribution in [-0.4, -0.2) is 37.8 Å². The summed E-state index contributed by atoms with van der Waals surface area (Å²) >= 11 is 2.37. The third kappa shape index (κ3) is 4.12. The first-order valence-electron chi connectivity index (χ1n) is 11.9. The van der Waals surface area contributed by atoms with Crippen molar-refractivity contribution in [3.63, 3.8) is 0 Å². The molecule has 0 saturated carbocycles. The summed E-state index contributed by atoms with van der Waals surface area (Å²) in [6.45, 7) is 6.00. The van der Waals surface area contributed by atoms with Gasteiger partial charge in [-0.15, -0.1) is 11.8 Å². The molecule has 196 valence electrons. The number of ether oxygens (including phenoxy) is 1. The molecule has 0 unspecified atom stereocenters. The number of benzene rings is 2. The van der Waals surface area contributed by atoms with E-state index in [1.165, 1.54) is 23.9 Å². The van der Waals surface area contributed by atoms with Crippen LogP contribution in [0.1, 0.15) is 26.2 Å². The Morgan fingerprint density at radius 2 is 1.61 bits per heavy atom. The highest BCUT2D eigenvalue weighted by molar-refractivity contribution is 8.02. The molecule has 0 aromatic heterocycles. The van der Waals surface area contributed by atoms with Crippen LogP contribution in [0.2, 0.25) is 0 Å². The predicted molar refractivity (Wildman–Crippen MR) is 144 cm³/mol. The van der Waals surface area contributed by atoms with E-state index in [1.54, 1.807) is 43.3 Å². The number of para-hydroxylation sites is 2. The van der Waals surface area contributed by atoms with Gasteiger partial charge in [-0.1, -0.05) is 49.5 Å². The van der Waals surface area contributed by atoms with Crippen molar-refractivity contribution in [1.82, 2.24) is 0 Å². The second-order valence-electron chi connectivity index (χ2n) is 9.25. The molecule has 2 heterocycles. The lowest BCUT2D eigenvalue weighted by atomic mass is 9.70. The highest BCUT2D eigenvalue weighted by Gasteiger charge is 2.61. The minimum absolute atomic E-state index is 0.00115. The zero-order valence-electron chi connectivity index (χ0n) is 20.3. The van der Waals surface area contributed by atoms with Crippen LogP contribution in [0.4, 0.5) is 11.4 Å². The van der Waals surface area contributed by atoms with Crippen LogP contribution in [0.3, 0.4) is 0 Å². The Balaban J connectivity index is 1.55. The number of thioether (sulfide) groups is 2. The van der Waals surface area contributed by atoms with Crippen molar-refractivity contribution in [1.29, 1.82) is 0 Å². The first-order valence-corrected chi connectivity index (χ1v) is 13.7. The molecule has 12 heteroatoms. The Bertz CT molecular complexity index is 1440. The summed E-state index contributed by atoms with van der Waals surface area (Å²) in [5.74, 6) is 0. The van der Waals surface area contributed by atoms with Crippen LogP contribution in [0.15, 0.2) is 92.6 Å². The molecule has 2 aromatic carbocycles. The lowest BCUT2D eigenvalue weighted by Crippen LogP contribution is -2.52. The van der Waals surface area contributed by atoms with Crippen molar-refractivity contribution in [2.45, 2.75) is 59.0 Å². The van der Waals surface area contributed by atoms with Crippen molar-refractivity contribution in [3.05, 3.63) is 113 Å². The van der Waals surface area contributed by atoms with E-state index in [0.29, 0.717) is 21.8 Å². The standard InChI is InChI=1S/C26H23N3O7S2/c1-3-26(29(34)35)13-12-16-22(25(26)38-21-11-7-5-9-19(21)28(32)33)23-15(2)17(24(16)36-23)14-37-20-10-6-4-8-18(20)27(30)31/h4-11,14,23-25H,2-3,12-13H2,1H3/b17-14-/t23-,24-,25+,26+/m1/s1. The lowest BCUT2D eigenvalue weighted by Gasteiger charge is -2.39. The number of fused-ring (bicyclic) bond motifs is 4. The Morgan fingerprint density at radius 1 is 1.00 bits per heavy atom. The maximum atomic E-state index is 12.5. The average Bonchev–Trinajstić information content (AvgIpc) is 3.43. The van der Waals surface area contributed by atoms with Gasteiger partial charge in [0.15, 0.2) is 0 Å². The largest absolute Gasteiger partial charge is 0.357 e. The van der Waals surface area contributed by atoms with Gasteiger partial charge >= 0.3 is 0 Å². The van der Waals surface area contributed by atoms with Crippen LogP contribution >= 0.6 is 23.5 Å². The van der Waals surface area contributed by atoms with Crippen molar-refractivity contribution >= 4 is 34.9 Å². The van der Waals surface area contributed by atoms with Crippen molar-refractivity contribution in [2.24, 2.45) is 0 Å². The lowest BCUT2D eigenvalue weighted by molar-refractivity contribution is -0.570.